The molecule has 86 valence electrons. The molecule has 0 atom stereocenters. The fourth-order valence-electron chi connectivity index (χ4n) is 1.71. The maximum atomic E-state index is 5.96. The third-order valence-corrected chi connectivity index (χ3v) is 3.29. The minimum atomic E-state index is 0.816. The van der Waals surface area contributed by atoms with Crippen LogP contribution in [0.25, 0.3) is 11.4 Å². The van der Waals surface area contributed by atoms with E-state index in [-0.39, 0.29) is 0 Å². The molecule has 5 heteroatoms. The topological polar surface area (TPSA) is 56.7 Å². The number of rotatable bonds is 3. The van der Waals surface area contributed by atoms with Crippen LogP contribution in [0, 0.1) is 6.92 Å². The quantitative estimate of drug-likeness (QED) is 0.890. The molecule has 0 unspecified atom stereocenters. The molecule has 16 heavy (non-hydrogen) atoms. The van der Waals surface area contributed by atoms with Gasteiger partial charge in [-0.05, 0) is 19.4 Å². The van der Waals surface area contributed by atoms with Crippen molar-refractivity contribution in [3.8, 4) is 11.4 Å². The molecule has 2 rings (SSSR count). The van der Waals surface area contributed by atoms with Crippen molar-refractivity contribution in [3.63, 3.8) is 0 Å². The summed E-state index contributed by atoms with van der Waals surface area (Å²) < 4.78 is 1.81. The van der Waals surface area contributed by atoms with Gasteiger partial charge in [-0.3, -0.25) is 0 Å². The van der Waals surface area contributed by atoms with Gasteiger partial charge in [0.05, 0.1) is 10.6 Å². The lowest BCUT2D eigenvalue weighted by Crippen LogP contribution is -1.95. The van der Waals surface area contributed by atoms with Crippen LogP contribution < -0.4 is 5.73 Å². The molecule has 2 N–H and O–H groups in total. The van der Waals surface area contributed by atoms with E-state index >= 15 is 0 Å². The molecule has 0 spiro atoms. The maximum absolute atomic E-state index is 5.96. The molecule has 0 aromatic carbocycles. The highest BCUT2D eigenvalue weighted by atomic mass is 32.1. The molecule has 0 saturated heterocycles. The van der Waals surface area contributed by atoms with Crippen LogP contribution in [0.5, 0.6) is 0 Å². The third kappa shape index (κ3) is 1.95. The minimum absolute atomic E-state index is 0.816. The van der Waals surface area contributed by atoms with Crippen molar-refractivity contribution in [2.24, 2.45) is 7.05 Å². The summed E-state index contributed by atoms with van der Waals surface area (Å²) in [6.45, 7) is 4.17. The lowest BCUT2D eigenvalue weighted by molar-refractivity contribution is 0.738. The van der Waals surface area contributed by atoms with Gasteiger partial charge in [-0.2, -0.15) is 5.10 Å². The van der Waals surface area contributed by atoms with Crippen molar-refractivity contribution in [3.05, 3.63) is 16.8 Å². The second-order valence-corrected chi connectivity index (χ2v) is 5.15. The van der Waals surface area contributed by atoms with E-state index in [1.54, 1.807) is 11.3 Å². The van der Waals surface area contributed by atoms with E-state index in [2.05, 4.69) is 23.1 Å². The standard InChI is InChI=1S/C11H16N4S/c1-4-5-9-13-11(15(3)14-9)8-6-7(2)16-10(8)12/h6H,4-5,12H2,1-3H3. The van der Waals surface area contributed by atoms with E-state index in [9.17, 15) is 0 Å². The van der Waals surface area contributed by atoms with Gasteiger partial charge in [0.25, 0.3) is 0 Å². The first-order chi connectivity index (χ1) is 7.61. The summed E-state index contributed by atoms with van der Waals surface area (Å²) >= 11 is 1.59. The zero-order valence-electron chi connectivity index (χ0n) is 9.82. The number of nitrogen functional groups attached to an aromatic ring is 1. The Bertz CT molecular complexity index is 498. The van der Waals surface area contributed by atoms with Crippen LogP contribution in [0.1, 0.15) is 24.0 Å². The summed E-state index contributed by atoms with van der Waals surface area (Å²) in [4.78, 5) is 5.72. The Hall–Kier alpha value is -1.36. The summed E-state index contributed by atoms with van der Waals surface area (Å²) in [6.07, 6.45) is 1.97. The second-order valence-electron chi connectivity index (χ2n) is 3.86. The second kappa shape index (κ2) is 4.25. The van der Waals surface area contributed by atoms with Gasteiger partial charge in [-0.25, -0.2) is 9.67 Å². The lowest BCUT2D eigenvalue weighted by atomic mass is 10.2. The third-order valence-electron chi connectivity index (χ3n) is 2.41. The number of thiophene rings is 1. The zero-order chi connectivity index (χ0) is 11.7. The average Bonchev–Trinajstić information content (AvgIpc) is 2.70. The zero-order valence-corrected chi connectivity index (χ0v) is 10.6. The van der Waals surface area contributed by atoms with Crippen LogP contribution in [0.4, 0.5) is 5.00 Å². The summed E-state index contributed by atoms with van der Waals surface area (Å²) in [5.74, 6) is 1.76. The Morgan fingerprint density at radius 3 is 2.81 bits per heavy atom. The predicted molar refractivity (Wildman–Crippen MR) is 67.5 cm³/mol. The molecule has 0 aliphatic heterocycles. The largest absolute Gasteiger partial charge is 0.390 e. The number of hydrogen-bond acceptors (Lipinski definition) is 4. The van der Waals surface area contributed by atoms with E-state index in [0.29, 0.717) is 0 Å². The van der Waals surface area contributed by atoms with Gasteiger partial charge in [0.15, 0.2) is 11.6 Å². The van der Waals surface area contributed by atoms with Crippen LogP contribution in [0.2, 0.25) is 0 Å². The van der Waals surface area contributed by atoms with Crippen LogP contribution in [-0.2, 0) is 13.5 Å². The van der Waals surface area contributed by atoms with Crippen molar-refractivity contribution in [1.29, 1.82) is 0 Å². The van der Waals surface area contributed by atoms with Crippen molar-refractivity contribution in [1.82, 2.24) is 14.8 Å². The molecular weight excluding hydrogens is 220 g/mol. The maximum Gasteiger partial charge on any atom is 0.161 e. The lowest BCUT2D eigenvalue weighted by Gasteiger charge is -1.96. The highest BCUT2D eigenvalue weighted by Gasteiger charge is 2.13. The normalized spacial score (nSPS) is 10.9. The predicted octanol–water partition coefficient (Wildman–Crippen LogP) is 2.39. The van der Waals surface area contributed by atoms with Crippen molar-refractivity contribution in [2.75, 3.05) is 5.73 Å². The molecule has 0 amide bonds. The first-order valence-corrected chi connectivity index (χ1v) is 6.19. The molecule has 0 saturated carbocycles. The molecule has 4 nitrogen and oxygen atoms in total. The van der Waals surface area contributed by atoms with Gasteiger partial charge in [0.1, 0.15) is 0 Å². The molecular formula is C11H16N4S. The Kier molecular flexibility index (Phi) is 2.96. The number of anilines is 1. The van der Waals surface area contributed by atoms with Gasteiger partial charge in [-0.1, -0.05) is 6.92 Å². The molecule has 0 aliphatic rings. The molecule has 0 aliphatic carbocycles. The van der Waals surface area contributed by atoms with Crippen LogP contribution in [0.3, 0.4) is 0 Å². The Balaban J connectivity index is 2.43. The minimum Gasteiger partial charge on any atom is -0.390 e. The van der Waals surface area contributed by atoms with Crippen LogP contribution >= 0.6 is 11.3 Å². The molecule has 2 heterocycles. The van der Waals surface area contributed by atoms with Gasteiger partial charge in [0.2, 0.25) is 0 Å². The van der Waals surface area contributed by atoms with Crippen LogP contribution in [0.15, 0.2) is 6.07 Å². The summed E-state index contributed by atoms with van der Waals surface area (Å²) in [7, 11) is 1.91. The highest BCUT2D eigenvalue weighted by molar-refractivity contribution is 7.16. The molecule has 0 bridgehead atoms. The number of aryl methyl sites for hydroxylation is 3. The number of hydrogen-bond donors (Lipinski definition) is 1. The highest BCUT2D eigenvalue weighted by Crippen LogP contribution is 2.32. The summed E-state index contributed by atoms with van der Waals surface area (Å²) in [5, 5.41) is 5.20. The monoisotopic (exact) mass is 236 g/mol. The van der Waals surface area contributed by atoms with Gasteiger partial charge < -0.3 is 5.73 Å². The van der Waals surface area contributed by atoms with E-state index in [1.807, 2.05) is 18.7 Å². The van der Waals surface area contributed by atoms with Gasteiger partial charge in [0, 0.05) is 18.3 Å². The first-order valence-electron chi connectivity index (χ1n) is 5.38. The summed E-state index contributed by atoms with van der Waals surface area (Å²) in [5.41, 5.74) is 6.96. The number of nitrogens with two attached hydrogens (primary N) is 1. The van der Waals surface area contributed by atoms with E-state index in [1.165, 1.54) is 4.88 Å². The smallest absolute Gasteiger partial charge is 0.161 e. The Labute approximate surface area is 99.1 Å². The average molecular weight is 236 g/mol. The fraction of sp³-hybridized carbons (Fsp3) is 0.455. The van der Waals surface area contributed by atoms with E-state index in [0.717, 1.165) is 35.1 Å². The van der Waals surface area contributed by atoms with Crippen LogP contribution in [-0.4, -0.2) is 14.8 Å². The fourth-order valence-corrected chi connectivity index (χ4v) is 2.49. The molecule has 2 aromatic rings. The molecule has 0 radical (unpaired) electrons. The summed E-state index contributed by atoms with van der Waals surface area (Å²) in [6, 6.07) is 2.07. The Morgan fingerprint density at radius 1 is 1.50 bits per heavy atom. The van der Waals surface area contributed by atoms with Crippen molar-refractivity contribution < 1.29 is 0 Å². The van der Waals surface area contributed by atoms with E-state index in [4.69, 9.17) is 5.73 Å². The molecule has 2 aromatic heterocycles. The first kappa shape index (κ1) is 11.1. The van der Waals surface area contributed by atoms with Gasteiger partial charge in [-0.15, -0.1) is 11.3 Å². The van der Waals surface area contributed by atoms with Crippen molar-refractivity contribution >= 4 is 16.3 Å². The van der Waals surface area contributed by atoms with E-state index < -0.39 is 0 Å². The van der Waals surface area contributed by atoms with Gasteiger partial charge >= 0.3 is 0 Å². The Morgan fingerprint density at radius 2 is 2.25 bits per heavy atom. The SMILES string of the molecule is CCCc1nc(-c2cc(C)sc2N)n(C)n1. The molecule has 0 fully saturated rings. The number of aromatic nitrogens is 3. The van der Waals surface area contributed by atoms with Crippen molar-refractivity contribution in [2.45, 2.75) is 26.7 Å². The number of nitrogens with zero attached hydrogens (tertiary/aromatic N) is 3.